The molecule has 0 N–H and O–H groups in total. The summed E-state index contributed by atoms with van der Waals surface area (Å²) in [4.78, 5) is 14.7. The largest absolute Gasteiger partial charge is 0.379 e. The van der Waals surface area contributed by atoms with Crippen LogP contribution in [0.3, 0.4) is 0 Å². The number of nitrogens with zero attached hydrogens (tertiary/aromatic N) is 2. The SMILES string of the molecule is CC1CCN(C(=O)c2cccc(S(=O)(=O)N3CCOCC3)c2)CC1. The summed E-state index contributed by atoms with van der Waals surface area (Å²) in [7, 11) is -3.57. The van der Waals surface area contributed by atoms with Gasteiger partial charge < -0.3 is 9.64 Å². The maximum atomic E-state index is 12.7. The van der Waals surface area contributed by atoms with E-state index in [1.807, 2.05) is 4.90 Å². The Morgan fingerprint density at radius 3 is 2.46 bits per heavy atom. The van der Waals surface area contributed by atoms with Crippen LogP contribution in [0.1, 0.15) is 30.1 Å². The predicted molar refractivity (Wildman–Crippen MR) is 90.3 cm³/mol. The molecule has 6 nitrogen and oxygen atoms in total. The molecule has 1 aromatic carbocycles. The van der Waals surface area contributed by atoms with Crippen molar-refractivity contribution in [2.45, 2.75) is 24.7 Å². The second-order valence-corrected chi connectivity index (χ2v) is 8.46. The third-order valence-electron chi connectivity index (χ3n) is 4.76. The quantitative estimate of drug-likeness (QED) is 0.828. The minimum absolute atomic E-state index is 0.0825. The molecule has 2 aliphatic heterocycles. The summed E-state index contributed by atoms with van der Waals surface area (Å²) in [6.45, 7) is 5.18. The van der Waals surface area contributed by atoms with Crippen molar-refractivity contribution in [1.29, 1.82) is 0 Å². The molecule has 2 fully saturated rings. The van der Waals surface area contributed by atoms with Crippen LogP contribution < -0.4 is 0 Å². The summed E-state index contributed by atoms with van der Waals surface area (Å²) < 4.78 is 32.1. The first-order valence-electron chi connectivity index (χ1n) is 8.46. The number of piperidine rings is 1. The van der Waals surface area contributed by atoms with Crippen LogP contribution in [0, 0.1) is 5.92 Å². The second kappa shape index (κ2) is 7.21. The zero-order valence-corrected chi connectivity index (χ0v) is 14.8. The minimum atomic E-state index is -3.57. The molecule has 132 valence electrons. The molecule has 0 aromatic heterocycles. The molecule has 3 rings (SSSR count). The van der Waals surface area contributed by atoms with E-state index < -0.39 is 10.0 Å². The molecular formula is C17H24N2O4S. The molecule has 24 heavy (non-hydrogen) atoms. The molecular weight excluding hydrogens is 328 g/mol. The van der Waals surface area contributed by atoms with Crippen molar-refractivity contribution in [2.75, 3.05) is 39.4 Å². The molecule has 0 spiro atoms. The molecule has 7 heteroatoms. The monoisotopic (exact) mass is 352 g/mol. The van der Waals surface area contributed by atoms with Gasteiger partial charge >= 0.3 is 0 Å². The molecule has 0 unspecified atom stereocenters. The number of ether oxygens (including phenoxy) is 1. The van der Waals surface area contributed by atoms with Crippen molar-refractivity contribution in [3.05, 3.63) is 29.8 Å². The summed E-state index contributed by atoms with van der Waals surface area (Å²) >= 11 is 0. The molecule has 0 atom stereocenters. The van der Waals surface area contributed by atoms with E-state index in [1.165, 1.54) is 10.4 Å². The number of hydrogen-bond acceptors (Lipinski definition) is 4. The van der Waals surface area contributed by atoms with Crippen molar-refractivity contribution < 1.29 is 17.9 Å². The highest BCUT2D eigenvalue weighted by atomic mass is 32.2. The Hall–Kier alpha value is -1.44. The zero-order valence-electron chi connectivity index (χ0n) is 14.0. The number of morpholine rings is 1. The number of amides is 1. The summed E-state index contributed by atoms with van der Waals surface area (Å²) in [6.07, 6.45) is 2.00. The third-order valence-corrected chi connectivity index (χ3v) is 6.65. The van der Waals surface area contributed by atoms with Crippen molar-refractivity contribution in [1.82, 2.24) is 9.21 Å². The van der Waals surface area contributed by atoms with Crippen LogP contribution in [0.5, 0.6) is 0 Å². The van der Waals surface area contributed by atoms with Crippen LogP contribution in [0.4, 0.5) is 0 Å². The molecule has 0 radical (unpaired) electrons. The first kappa shape index (κ1) is 17.4. The molecule has 0 bridgehead atoms. The van der Waals surface area contributed by atoms with Crippen LogP contribution in [-0.4, -0.2) is 62.9 Å². The highest BCUT2D eigenvalue weighted by Gasteiger charge is 2.28. The Balaban J connectivity index is 1.79. The number of hydrogen-bond donors (Lipinski definition) is 0. The number of rotatable bonds is 3. The van der Waals surface area contributed by atoms with Gasteiger partial charge in [-0.1, -0.05) is 13.0 Å². The molecule has 2 heterocycles. The lowest BCUT2D eigenvalue weighted by Crippen LogP contribution is -2.41. The van der Waals surface area contributed by atoms with Gasteiger partial charge in [-0.2, -0.15) is 4.31 Å². The Labute approximate surface area is 143 Å². The predicted octanol–water partition coefficient (Wildman–Crippen LogP) is 1.58. The van der Waals surface area contributed by atoms with Crippen LogP contribution in [-0.2, 0) is 14.8 Å². The van der Waals surface area contributed by atoms with E-state index in [-0.39, 0.29) is 10.8 Å². The second-order valence-electron chi connectivity index (χ2n) is 6.52. The highest BCUT2D eigenvalue weighted by Crippen LogP contribution is 2.21. The zero-order chi connectivity index (χ0) is 17.2. The van der Waals surface area contributed by atoms with Gasteiger partial charge in [0, 0.05) is 31.7 Å². The van der Waals surface area contributed by atoms with Gasteiger partial charge in [0.1, 0.15) is 0 Å². The van der Waals surface area contributed by atoms with Crippen LogP contribution >= 0.6 is 0 Å². The molecule has 1 aromatic rings. The standard InChI is InChI=1S/C17H24N2O4S/c1-14-5-7-18(8-6-14)17(20)15-3-2-4-16(13-15)24(21,22)19-9-11-23-12-10-19/h2-4,13-14H,5-12H2,1H3. The fraction of sp³-hybridized carbons (Fsp3) is 0.588. The Morgan fingerprint density at radius 2 is 1.79 bits per heavy atom. The van der Waals surface area contributed by atoms with Gasteiger partial charge in [-0.05, 0) is 37.0 Å². The van der Waals surface area contributed by atoms with E-state index in [4.69, 9.17) is 4.74 Å². The van der Waals surface area contributed by atoms with Crippen LogP contribution in [0.2, 0.25) is 0 Å². The van der Waals surface area contributed by atoms with Gasteiger partial charge in [0.2, 0.25) is 10.0 Å². The maximum absolute atomic E-state index is 12.7. The van der Waals surface area contributed by atoms with Gasteiger partial charge in [0.15, 0.2) is 0 Å². The molecule has 2 saturated heterocycles. The van der Waals surface area contributed by atoms with Crippen molar-refractivity contribution >= 4 is 15.9 Å². The minimum Gasteiger partial charge on any atom is -0.379 e. The number of carbonyl (C=O) groups excluding carboxylic acids is 1. The van der Waals surface area contributed by atoms with Crippen molar-refractivity contribution in [2.24, 2.45) is 5.92 Å². The summed E-state index contributed by atoms with van der Waals surface area (Å²) in [5.74, 6) is 0.558. The van der Waals surface area contributed by atoms with E-state index >= 15 is 0 Å². The van der Waals surface area contributed by atoms with E-state index in [0.717, 1.165) is 25.9 Å². The number of likely N-dealkylation sites (tertiary alicyclic amines) is 1. The molecule has 0 saturated carbocycles. The molecule has 0 aliphatic carbocycles. The maximum Gasteiger partial charge on any atom is 0.253 e. The smallest absolute Gasteiger partial charge is 0.253 e. The van der Waals surface area contributed by atoms with E-state index in [9.17, 15) is 13.2 Å². The molecule has 2 aliphatic rings. The number of sulfonamides is 1. The fourth-order valence-electron chi connectivity index (χ4n) is 3.12. The van der Waals surface area contributed by atoms with E-state index in [2.05, 4.69) is 6.92 Å². The lowest BCUT2D eigenvalue weighted by atomic mass is 9.98. The Kier molecular flexibility index (Phi) is 5.22. The number of benzene rings is 1. The van der Waals surface area contributed by atoms with Crippen LogP contribution in [0.15, 0.2) is 29.2 Å². The van der Waals surface area contributed by atoms with Crippen LogP contribution in [0.25, 0.3) is 0 Å². The molecule has 1 amide bonds. The first-order chi connectivity index (χ1) is 11.5. The van der Waals surface area contributed by atoms with E-state index in [1.54, 1.807) is 18.2 Å². The van der Waals surface area contributed by atoms with Gasteiger partial charge in [0.05, 0.1) is 18.1 Å². The summed E-state index contributed by atoms with van der Waals surface area (Å²) in [5, 5.41) is 0. The first-order valence-corrected chi connectivity index (χ1v) is 9.90. The normalized spacial score (nSPS) is 21.0. The average Bonchev–Trinajstić information content (AvgIpc) is 2.62. The summed E-state index contributed by atoms with van der Waals surface area (Å²) in [5.41, 5.74) is 0.443. The lowest BCUT2D eigenvalue weighted by molar-refractivity contribution is 0.0696. The number of carbonyl (C=O) groups is 1. The topological polar surface area (TPSA) is 66.9 Å². The Bertz CT molecular complexity index is 690. The van der Waals surface area contributed by atoms with Crippen molar-refractivity contribution in [3.63, 3.8) is 0 Å². The third kappa shape index (κ3) is 3.63. The Morgan fingerprint density at radius 1 is 1.12 bits per heavy atom. The van der Waals surface area contributed by atoms with Gasteiger partial charge in [0.25, 0.3) is 5.91 Å². The summed E-state index contributed by atoms with van der Waals surface area (Å²) in [6, 6.07) is 6.40. The van der Waals surface area contributed by atoms with Gasteiger partial charge in [-0.3, -0.25) is 4.79 Å². The van der Waals surface area contributed by atoms with E-state index in [0.29, 0.717) is 37.8 Å². The van der Waals surface area contributed by atoms with Gasteiger partial charge in [-0.15, -0.1) is 0 Å². The lowest BCUT2D eigenvalue weighted by Gasteiger charge is -2.30. The highest BCUT2D eigenvalue weighted by molar-refractivity contribution is 7.89. The fourth-order valence-corrected chi connectivity index (χ4v) is 4.57. The van der Waals surface area contributed by atoms with Crippen molar-refractivity contribution in [3.8, 4) is 0 Å². The van der Waals surface area contributed by atoms with Gasteiger partial charge in [-0.25, -0.2) is 8.42 Å². The average molecular weight is 352 g/mol.